The molecule has 1 fully saturated rings. The summed E-state index contributed by atoms with van der Waals surface area (Å²) in [5.41, 5.74) is 14.4. The van der Waals surface area contributed by atoms with Gasteiger partial charge in [0.05, 0.1) is 22.9 Å². The highest BCUT2D eigenvalue weighted by Gasteiger charge is 2.16. The Morgan fingerprint density at radius 1 is 0.902 bits per heavy atom. The normalized spacial score (nSPS) is 12.9. The van der Waals surface area contributed by atoms with Gasteiger partial charge in [-0.1, -0.05) is 41.9 Å². The van der Waals surface area contributed by atoms with Crippen molar-refractivity contribution in [1.82, 2.24) is 20.2 Å². The van der Waals surface area contributed by atoms with Crippen LogP contribution in [0.4, 0.5) is 5.13 Å². The molecule has 264 valence electrons. The number of nitriles is 1. The van der Waals surface area contributed by atoms with Crippen LogP contribution in [-0.4, -0.2) is 41.1 Å². The predicted octanol–water partition coefficient (Wildman–Crippen LogP) is 8.24. The van der Waals surface area contributed by atoms with Gasteiger partial charge in [0.15, 0.2) is 5.13 Å². The lowest BCUT2D eigenvalue weighted by molar-refractivity contribution is 0.262. The molecule has 2 aromatic heterocycles. The maximum absolute atomic E-state index is 9.31. The Hall–Kier alpha value is -4.66. The molecule has 11 heteroatoms. The number of anilines is 1. The first-order valence-electron chi connectivity index (χ1n) is 17.2. The largest absolute Gasteiger partial charge is 0.493 e. The molecule has 6 rings (SSSR count). The highest BCUT2D eigenvalue weighted by atomic mass is 35.5. The average molecular weight is 723 g/mol. The first-order valence-corrected chi connectivity index (χ1v) is 18.5. The molecule has 0 unspecified atom stereocenters. The molecule has 5 aromatic rings. The third-order valence-corrected chi connectivity index (χ3v) is 10.1. The third kappa shape index (κ3) is 9.57. The van der Waals surface area contributed by atoms with E-state index in [9.17, 15) is 5.26 Å². The van der Waals surface area contributed by atoms with E-state index in [0.29, 0.717) is 53.5 Å². The average Bonchev–Trinajstić information content (AvgIpc) is 3.82. The Morgan fingerprint density at radius 3 is 2.47 bits per heavy atom. The van der Waals surface area contributed by atoms with E-state index in [2.05, 4.69) is 76.5 Å². The summed E-state index contributed by atoms with van der Waals surface area (Å²) in [6.07, 6.45) is 6.85. The lowest BCUT2D eigenvalue weighted by Gasteiger charge is -2.18. The summed E-state index contributed by atoms with van der Waals surface area (Å²) in [5, 5.41) is 15.7. The van der Waals surface area contributed by atoms with Gasteiger partial charge in [0, 0.05) is 54.6 Å². The zero-order valence-corrected chi connectivity index (χ0v) is 30.7. The summed E-state index contributed by atoms with van der Waals surface area (Å²) in [7, 11) is 0. The fraction of sp³-hybridized carbons (Fsp3) is 0.325. The second kappa shape index (κ2) is 17.5. The van der Waals surface area contributed by atoms with Crippen LogP contribution in [0, 0.1) is 25.2 Å². The van der Waals surface area contributed by atoms with Crippen molar-refractivity contribution in [3.63, 3.8) is 0 Å². The van der Waals surface area contributed by atoms with E-state index in [-0.39, 0.29) is 6.61 Å². The van der Waals surface area contributed by atoms with Crippen LogP contribution in [0.5, 0.6) is 17.2 Å². The monoisotopic (exact) mass is 722 g/mol. The van der Waals surface area contributed by atoms with Gasteiger partial charge >= 0.3 is 0 Å². The van der Waals surface area contributed by atoms with Gasteiger partial charge in [-0.3, -0.25) is 4.98 Å². The van der Waals surface area contributed by atoms with Gasteiger partial charge in [0.25, 0.3) is 0 Å². The van der Waals surface area contributed by atoms with Crippen molar-refractivity contribution in [2.24, 2.45) is 0 Å². The van der Waals surface area contributed by atoms with Crippen molar-refractivity contribution >= 4 is 28.1 Å². The molecular formula is C40H43ClN6O3S. The number of nitrogens with two attached hydrogens (primary N) is 1. The van der Waals surface area contributed by atoms with E-state index in [1.807, 2.05) is 17.5 Å². The minimum atomic E-state index is 0.223. The Kier molecular flexibility index (Phi) is 12.4. The third-order valence-electron chi connectivity index (χ3n) is 9.10. The summed E-state index contributed by atoms with van der Waals surface area (Å²) < 4.78 is 18.9. The van der Waals surface area contributed by atoms with Gasteiger partial charge in [-0.05, 0) is 92.2 Å². The van der Waals surface area contributed by atoms with Crippen LogP contribution in [0.25, 0.3) is 11.1 Å². The predicted molar refractivity (Wildman–Crippen MR) is 203 cm³/mol. The quantitative estimate of drug-likeness (QED) is 0.0971. The number of ether oxygens (including phenoxy) is 3. The van der Waals surface area contributed by atoms with E-state index in [1.54, 1.807) is 12.3 Å². The Morgan fingerprint density at radius 2 is 1.69 bits per heavy atom. The van der Waals surface area contributed by atoms with Crippen molar-refractivity contribution < 1.29 is 14.2 Å². The van der Waals surface area contributed by atoms with Crippen molar-refractivity contribution in [3.05, 3.63) is 116 Å². The molecule has 3 N–H and O–H groups in total. The summed E-state index contributed by atoms with van der Waals surface area (Å²) in [5.74, 6) is 2.05. The minimum Gasteiger partial charge on any atom is -0.493 e. The van der Waals surface area contributed by atoms with Crippen LogP contribution in [-0.2, 0) is 26.3 Å². The first-order chi connectivity index (χ1) is 24.9. The molecule has 0 spiro atoms. The van der Waals surface area contributed by atoms with Crippen molar-refractivity contribution in [3.8, 4) is 34.4 Å². The number of nitrogens with zero attached hydrogens (tertiary/aromatic N) is 4. The lowest BCUT2D eigenvalue weighted by atomic mass is 9.93. The molecule has 0 atom stereocenters. The molecule has 9 nitrogen and oxygen atoms in total. The molecule has 51 heavy (non-hydrogen) atoms. The number of benzene rings is 3. The number of rotatable bonds is 16. The summed E-state index contributed by atoms with van der Waals surface area (Å²) in [6, 6.07) is 20.2. The van der Waals surface area contributed by atoms with Crippen LogP contribution < -0.4 is 25.3 Å². The zero-order valence-electron chi connectivity index (χ0n) is 29.1. The molecule has 3 heterocycles. The molecule has 1 aliphatic rings. The summed E-state index contributed by atoms with van der Waals surface area (Å²) >= 11 is 8.23. The first kappa shape index (κ1) is 36.1. The highest BCUT2D eigenvalue weighted by molar-refractivity contribution is 7.13. The van der Waals surface area contributed by atoms with Gasteiger partial charge in [-0.25, -0.2) is 4.98 Å². The number of likely N-dealkylation sites (tertiary alicyclic amines) is 1. The topological polar surface area (TPSA) is 119 Å². The molecule has 0 amide bonds. The van der Waals surface area contributed by atoms with Gasteiger partial charge in [0.2, 0.25) is 0 Å². The van der Waals surface area contributed by atoms with Crippen molar-refractivity contribution in [1.29, 1.82) is 5.26 Å². The van der Waals surface area contributed by atoms with E-state index in [4.69, 9.17) is 31.5 Å². The second-order valence-electron chi connectivity index (χ2n) is 12.7. The van der Waals surface area contributed by atoms with Gasteiger partial charge < -0.3 is 30.2 Å². The van der Waals surface area contributed by atoms with Crippen LogP contribution >= 0.6 is 22.9 Å². The SMILES string of the molecule is Cc1c(COc2cc(OCc3cncc(C#N)c3)c(CNCc3csc(N)n3)cc2Cl)cccc1-c1cccc(OCCCN2CCCC2)c1C. The van der Waals surface area contributed by atoms with E-state index in [1.165, 1.54) is 43.5 Å². The van der Waals surface area contributed by atoms with Gasteiger partial charge in [-0.15, -0.1) is 11.3 Å². The molecule has 3 aromatic carbocycles. The number of pyridine rings is 1. The Labute approximate surface area is 309 Å². The van der Waals surface area contributed by atoms with E-state index < -0.39 is 0 Å². The van der Waals surface area contributed by atoms with E-state index in [0.717, 1.165) is 63.4 Å². The number of thiazole rings is 1. The molecule has 1 saturated heterocycles. The van der Waals surface area contributed by atoms with Crippen molar-refractivity contribution in [2.75, 3.05) is 32.0 Å². The zero-order chi connectivity index (χ0) is 35.6. The number of halogens is 1. The molecule has 0 saturated carbocycles. The fourth-order valence-corrected chi connectivity index (χ4v) is 7.11. The summed E-state index contributed by atoms with van der Waals surface area (Å²) in [4.78, 5) is 11.0. The summed E-state index contributed by atoms with van der Waals surface area (Å²) in [6.45, 7) is 10.0. The van der Waals surface area contributed by atoms with Crippen LogP contribution in [0.15, 0.2) is 72.4 Å². The lowest BCUT2D eigenvalue weighted by Crippen LogP contribution is -2.22. The maximum Gasteiger partial charge on any atom is 0.180 e. The number of nitrogens with one attached hydrogen (secondary N) is 1. The molecule has 0 bridgehead atoms. The standard InChI is InChI=1S/C40H43ClN6O3S/c1-27-31(8-5-9-34(27)35-10-6-11-37(28(35)2)48-15-7-14-47-12-3-4-13-47)25-50-39-18-38(49-24-30-16-29(19-42)20-44-21-30)32(17-36(39)41)22-45-23-33-26-51-40(43)46-33/h5-6,8-11,16-18,20-21,26,45H,3-4,7,12-15,22-25H2,1-2H3,(H2,43,46). The van der Waals surface area contributed by atoms with E-state index >= 15 is 0 Å². The van der Waals surface area contributed by atoms with Gasteiger partial charge in [0.1, 0.15) is 36.5 Å². The number of hydrogen-bond acceptors (Lipinski definition) is 10. The molecule has 0 radical (unpaired) electrons. The van der Waals surface area contributed by atoms with Gasteiger partial charge in [-0.2, -0.15) is 5.26 Å². The fourth-order valence-electron chi connectivity index (χ4n) is 6.30. The Balaban J connectivity index is 1.16. The van der Waals surface area contributed by atoms with Crippen molar-refractivity contribution in [2.45, 2.75) is 59.4 Å². The van der Waals surface area contributed by atoms with Crippen LogP contribution in [0.2, 0.25) is 5.02 Å². The number of aromatic nitrogens is 2. The number of nitrogen functional groups attached to an aromatic ring is 1. The van der Waals surface area contributed by atoms with Crippen LogP contribution in [0.1, 0.15) is 58.3 Å². The smallest absolute Gasteiger partial charge is 0.180 e. The minimum absolute atomic E-state index is 0.223. The second-order valence-corrected chi connectivity index (χ2v) is 14.0. The molecular weight excluding hydrogens is 680 g/mol. The number of hydrogen-bond donors (Lipinski definition) is 2. The maximum atomic E-state index is 9.31. The molecule has 0 aliphatic carbocycles. The van der Waals surface area contributed by atoms with Crippen LogP contribution in [0.3, 0.4) is 0 Å². The highest BCUT2D eigenvalue weighted by Crippen LogP contribution is 2.36. The molecule has 1 aliphatic heterocycles. The Bertz CT molecular complexity index is 1990.